The fraction of sp³-hybridized carbons (Fsp3) is 0.438. The summed E-state index contributed by atoms with van der Waals surface area (Å²) < 4.78 is 15.3. The van der Waals surface area contributed by atoms with E-state index < -0.39 is 0 Å². The third kappa shape index (κ3) is 7.07. The predicted molar refractivity (Wildman–Crippen MR) is 77.3 cm³/mol. The van der Waals surface area contributed by atoms with Crippen molar-refractivity contribution in [3.05, 3.63) is 48.0 Å². The van der Waals surface area contributed by atoms with Crippen molar-refractivity contribution in [1.29, 1.82) is 0 Å². The van der Waals surface area contributed by atoms with Crippen molar-refractivity contribution >= 4 is 5.97 Å². The van der Waals surface area contributed by atoms with Gasteiger partial charge in [0.15, 0.2) is 0 Å². The molecule has 0 saturated carbocycles. The first-order valence-corrected chi connectivity index (χ1v) is 6.75. The second kappa shape index (κ2) is 10.2. The predicted octanol–water partition coefficient (Wildman–Crippen LogP) is 2.73. The molecule has 4 nitrogen and oxygen atoms in total. The molecule has 0 heterocycles. The third-order valence-electron chi connectivity index (χ3n) is 2.69. The number of carbonyl (C=O) groups excluding carboxylic acids is 1. The largest absolute Gasteiger partial charge is 0.463 e. The third-order valence-corrected chi connectivity index (χ3v) is 2.69. The van der Waals surface area contributed by atoms with Crippen LogP contribution in [0.25, 0.3) is 0 Å². The van der Waals surface area contributed by atoms with Crippen LogP contribution in [0, 0.1) is 0 Å². The van der Waals surface area contributed by atoms with E-state index in [0.29, 0.717) is 6.61 Å². The zero-order valence-corrected chi connectivity index (χ0v) is 12.1. The van der Waals surface area contributed by atoms with Crippen molar-refractivity contribution in [2.45, 2.75) is 25.9 Å². The summed E-state index contributed by atoms with van der Waals surface area (Å²) >= 11 is 0. The lowest BCUT2D eigenvalue weighted by atomic mass is 10.1. The molecule has 20 heavy (non-hydrogen) atoms. The van der Waals surface area contributed by atoms with Gasteiger partial charge in [0.1, 0.15) is 6.79 Å². The first-order valence-electron chi connectivity index (χ1n) is 6.75. The molecule has 0 aliphatic carbocycles. The summed E-state index contributed by atoms with van der Waals surface area (Å²) in [5.74, 6) is -0.349. The number of hydrogen-bond acceptors (Lipinski definition) is 4. The Labute approximate surface area is 120 Å². The molecule has 1 rings (SSSR count). The molecular formula is C16H22O4. The van der Waals surface area contributed by atoms with E-state index in [1.807, 2.05) is 18.2 Å². The highest BCUT2D eigenvalue weighted by molar-refractivity contribution is 5.81. The Kier molecular flexibility index (Phi) is 8.35. The number of esters is 1. The maximum absolute atomic E-state index is 11.3. The van der Waals surface area contributed by atoms with Gasteiger partial charge in [-0.2, -0.15) is 0 Å². The molecule has 1 aromatic carbocycles. The normalized spacial score (nSPS) is 12.5. The number of methoxy groups -OCH3 is 1. The molecule has 4 heteroatoms. The summed E-state index contributed by atoms with van der Waals surface area (Å²) in [6, 6.07) is 10.2. The van der Waals surface area contributed by atoms with Crippen LogP contribution in [-0.2, 0) is 25.4 Å². The summed E-state index contributed by atoms with van der Waals surface area (Å²) in [5, 5.41) is 0. The maximum atomic E-state index is 11.3. The van der Waals surface area contributed by atoms with Crippen LogP contribution in [0.4, 0.5) is 0 Å². The van der Waals surface area contributed by atoms with Crippen LogP contribution in [0.5, 0.6) is 0 Å². The number of hydrogen-bond donors (Lipinski definition) is 0. The van der Waals surface area contributed by atoms with Crippen LogP contribution in [0.1, 0.15) is 18.9 Å². The summed E-state index contributed by atoms with van der Waals surface area (Å²) in [5.41, 5.74) is 1.24. The Morgan fingerprint density at radius 1 is 1.30 bits per heavy atom. The van der Waals surface area contributed by atoms with Crippen molar-refractivity contribution in [3.63, 3.8) is 0 Å². The van der Waals surface area contributed by atoms with Gasteiger partial charge in [0, 0.05) is 13.2 Å². The van der Waals surface area contributed by atoms with Crippen molar-refractivity contribution in [1.82, 2.24) is 0 Å². The average Bonchev–Trinajstić information content (AvgIpc) is 2.48. The SMILES string of the molecule is CCOC(=O)/C=C/[C@H](CCc1ccccc1)OCOC. The van der Waals surface area contributed by atoms with Gasteiger partial charge in [0.2, 0.25) is 0 Å². The highest BCUT2D eigenvalue weighted by atomic mass is 16.7. The van der Waals surface area contributed by atoms with Crippen LogP contribution < -0.4 is 0 Å². The van der Waals surface area contributed by atoms with Gasteiger partial charge in [-0.3, -0.25) is 0 Å². The zero-order valence-electron chi connectivity index (χ0n) is 12.1. The lowest BCUT2D eigenvalue weighted by Crippen LogP contribution is -2.14. The molecule has 0 radical (unpaired) electrons. The molecule has 0 aliphatic rings. The monoisotopic (exact) mass is 278 g/mol. The minimum atomic E-state index is -0.349. The second-order valence-corrected chi connectivity index (χ2v) is 4.25. The van der Waals surface area contributed by atoms with Gasteiger partial charge in [-0.1, -0.05) is 30.3 Å². The Morgan fingerprint density at radius 3 is 2.70 bits per heavy atom. The van der Waals surface area contributed by atoms with Crippen molar-refractivity contribution in [2.24, 2.45) is 0 Å². The molecule has 0 amide bonds. The molecule has 0 saturated heterocycles. The van der Waals surface area contributed by atoms with Gasteiger partial charge >= 0.3 is 5.97 Å². The molecule has 0 N–H and O–H groups in total. The molecule has 1 aromatic rings. The van der Waals surface area contributed by atoms with Gasteiger partial charge < -0.3 is 14.2 Å². The van der Waals surface area contributed by atoms with E-state index in [1.54, 1.807) is 20.1 Å². The fourth-order valence-corrected chi connectivity index (χ4v) is 1.72. The minimum Gasteiger partial charge on any atom is -0.463 e. The highest BCUT2D eigenvalue weighted by Gasteiger charge is 2.07. The first-order chi connectivity index (χ1) is 9.76. The lowest BCUT2D eigenvalue weighted by Gasteiger charge is -2.13. The van der Waals surface area contributed by atoms with E-state index in [1.165, 1.54) is 11.6 Å². The molecule has 1 atom stereocenters. The van der Waals surface area contributed by atoms with Gasteiger partial charge in [-0.05, 0) is 31.4 Å². The number of carbonyl (C=O) groups is 1. The van der Waals surface area contributed by atoms with E-state index in [9.17, 15) is 4.79 Å². The molecule has 110 valence electrons. The molecule has 0 fully saturated rings. The Bertz CT molecular complexity index is 400. The zero-order chi connectivity index (χ0) is 14.6. The molecule has 0 unspecified atom stereocenters. The number of aryl methyl sites for hydroxylation is 1. The number of rotatable bonds is 9. The van der Waals surface area contributed by atoms with Crippen LogP contribution in [0.15, 0.2) is 42.5 Å². The standard InChI is InChI=1S/C16H22O4/c1-3-19-16(17)12-11-15(20-13-18-2)10-9-14-7-5-4-6-8-14/h4-8,11-12,15H,3,9-10,13H2,1-2H3/b12-11+/t15-/m0/s1. The number of ether oxygens (including phenoxy) is 3. The second-order valence-electron chi connectivity index (χ2n) is 4.25. The van der Waals surface area contributed by atoms with E-state index in [4.69, 9.17) is 14.2 Å². The Balaban J connectivity index is 2.48. The van der Waals surface area contributed by atoms with Crippen LogP contribution in [0.2, 0.25) is 0 Å². The number of benzene rings is 1. The molecular weight excluding hydrogens is 256 g/mol. The van der Waals surface area contributed by atoms with Crippen molar-refractivity contribution in [3.8, 4) is 0 Å². The molecule has 0 bridgehead atoms. The van der Waals surface area contributed by atoms with Gasteiger partial charge in [-0.15, -0.1) is 0 Å². The van der Waals surface area contributed by atoms with Crippen LogP contribution in [-0.4, -0.2) is 32.6 Å². The van der Waals surface area contributed by atoms with Gasteiger partial charge in [-0.25, -0.2) is 4.79 Å². The minimum absolute atomic E-state index is 0.167. The molecule has 0 spiro atoms. The molecule has 0 aliphatic heterocycles. The smallest absolute Gasteiger partial charge is 0.330 e. The van der Waals surface area contributed by atoms with Crippen LogP contribution >= 0.6 is 0 Å². The first kappa shape index (κ1) is 16.4. The summed E-state index contributed by atoms with van der Waals surface area (Å²) in [7, 11) is 1.57. The Hall–Kier alpha value is -1.65. The maximum Gasteiger partial charge on any atom is 0.330 e. The van der Waals surface area contributed by atoms with Crippen molar-refractivity contribution < 1.29 is 19.0 Å². The molecule has 0 aromatic heterocycles. The van der Waals surface area contributed by atoms with E-state index in [0.717, 1.165) is 12.8 Å². The van der Waals surface area contributed by atoms with E-state index in [2.05, 4.69) is 12.1 Å². The van der Waals surface area contributed by atoms with E-state index in [-0.39, 0.29) is 18.9 Å². The average molecular weight is 278 g/mol. The lowest BCUT2D eigenvalue weighted by molar-refractivity contribution is -0.137. The fourth-order valence-electron chi connectivity index (χ4n) is 1.72. The topological polar surface area (TPSA) is 44.8 Å². The Morgan fingerprint density at radius 2 is 2.05 bits per heavy atom. The quantitative estimate of drug-likeness (QED) is 0.396. The summed E-state index contributed by atoms with van der Waals surface area (Å²) in [4.78, 5) is 11.3. The summed E-state index contributed by atoms with van der Waals surface area (Å²) in [6.07, 6.45) is 4.63. The van der Waals surface area contributed by atoms with Crippen molar-refractivity contribution in [2.75, 3.05) is 20.5 Å². The van der Waals surface area contributed by atoms with Gasteiger partial charge in [0.05, 0.1) is 12.7 Å². The van der Waals surface area contributed by atoms with Gasteiger partial charge in [0.25, 0.3) is 0 Å². The van der Waals surface area contributed by atoms with E-state index >= 15 is 0 Å². The highest BCUT2D eigenvalue weighted by Crippen LogP contribution is 2.09. The van der Waals surface area contributed by atoms with Crippen LogP contribution in [0.3, 0.4) is 0 Å². The summed E-state index contributed by atoms with van der Waals surface area (Å²) in [6.45, 7) is 2.35.